The van der Waals surface area contributed by atoms with Gasteiger partial charge in [-0.3, -0.25) is 9.59 Å². The van der Waals surface area contributed by atoms with Gasteiger partial charge in [0, 0.05) is 17.0 Å². The smallest absolute Gasteiger partial charge is 0.320 e. The van der Waals surface area contributed by atoms with E-state index in [-0.39, 0.29) is 23.2 Å². The number of nitrogens with one attached hydrogen (secondary N) is 1. The number of carbonyl (C=O) groups is 2. The highest BCUT2D eigenvalue weighted by atomic mass is 35.5. The lowest BCUT2D eigenvalue weighted by atomic mass is 10.1. The Labute approximate surface area is 196 Å². The number of likely N-dealkylation sites (N-methyl/N-ethyl adjacent to an activating group) is 1. The van der Waals surface area contributed by atoms with Crippen LogP contribution < -0.4 is 15.8 Å². The summed E-state index contributed by atoms with van der Waals surface area (Å²) in [5.41, 5.74) is 4.81. The molecule has 0 fully saturated rings. The Bertz CT molecular complexity index is 1190. The summed E-state index contributed by atoms with van der Waals surface area (Å²) in [7, 11) is 1.40. The predicted octanol–water partition coefficient (Wildman–Crippen LogP) is 4.21. The summed E-state index contributed by atoms with van der Waals surface area (Å²) in [6.07, 6.45) is -1.58. The van der Waals surface area contributed by atoms with Gasteiger partial charge < -0.3 is 25.3 Å². The number of amides is 1. The van der Waals surface area contributed by atoms with Crippen molar-refractivity contribution in [2.75, 3.05) is 7.05 Å². The van der Waals surface area contributed by atoms with Crippen LogP contribution in [0.2, 0.25) is 10.2 Å². The van der Waals surface area contributed by atoms with Crippen LogP contribution in [-0.4, -0.2) is 35.1 Å². The van der Waals surface area contributed by atoms with Crippen LogP contribution >= 0.6 is 23.2 Å². The number of aromatic nitrogens is 1. The number of hydrogen-bond acceptors (Lipinski definition) is 6. The molecule has 0 aliphatic carbocycles. The molecule has 2 atom stereocenters. The Morgan fingerprint density at radius 2 is 1.88 bits per heavy atom. The molecule has 12 heteroatoms. The number of aliphatic carboxylic acids is 1. The molecule has 0 spiro atoms. The van der Waals surface area contributed by atoms with E-state index in [1.807, 2.05) is 0 Å². The summed E-state index contributed by atoms with van der Waals surface area (Å²) in [5.74, 6) is -5.81. The number of benzene rings is 2. The normalized spacial score (nSPS) is 12.9. The third-order valence-electron chi connectivity index (χ3n) is 4.66. The van der Waals surface area contributed by atoms with E-state index in [0.29, 0.717) is 10.6 Å². The van der Waals surface area contributed by atoms with Gasteiger partial charge in [-0.05, 0) is 42.9 Å². The second kappa shape index (κ2) is 10.2. The number of rotatable bonds is 9. The summed E-state index contributed by atoms with van der Waals surface area (Å²) >= 11 is 12.1. The fourth-order valence-electron chi connectivity index (χ4n) is 3.00. The van der Waals surface area contributed by atoms with Crippen molar-refractivity contribution in [2.45, 2.75) is 18.6 Å². The number of carboxylic acid groups (broad SMARTS) is 1. The maximum absolute atomic E-state index is 14.7. The highest BCUT2D eigenvalue weighted by Crippen LogP contribution is 2.35. The molecule has 174 valence electrons. The summed E-state index contributed by atoms with van der Waals surface area (Å²) in [4.78, 5) is 27.3. The van der Waals surface area contributed by atoms with Crippen LogP contribution in [0.1, 0.15) is 28.8 Å². The van der Waals surface area contributed by atoms with Crippen LogP contribution in [0.15, 0.2) is 40.8 Å². The highest BCUT2D eigenvalue weighted by molar-refractivity contribution is 6.31. The van der Waals surface area contributed by atoms with E-state index in [9.17, 15) is 23.5 Å². The van der Waals surface area contributed by atoms with Gasteiger partial charge in [0.1, 0.15) is 23.1 Å². The summed E-state index contributed by atoms with van der Waals surface area (Å²) < 4.78 is 39.7. The largest absolute Gasteiger partial charge is 0.480 e. The van der Waals surface area contributed by atoms with E-state index in [2.05, 4.69) is 10.3 Å². The number of hydrogen-bond donors (Lipinski definition) is 3. The first-order valence-electron chi connectivity index (χ1n) is 9.39. The molecule has 3 rings (SSSR count). The van der Waals surface area contributed by atoms with Gasteiger partial charge in [0.05, 0.1) is 0 Å². The number of nitrogens with two attached hydrogens (primary N) is 1. The number of nitrogens with zero attached hydrogens (tertiary/aromatic N) is 1. The lowest BCUT2D eigenvalue weighted by Crippen LogP contribution is -2.36. The maximum Gasteiger partial charge on any atom is 0.320 e. The van der Waals surface area contributed by atoms with Crippen molar-refractivity contribution in [3.63, 3.8) is 0 Å². The molecule has 0 radical (unpaired) electrons. The Balaban J connectivity index is 2.04. The van der Waals surface area contributed by atoms with Crippen molar-refractivity contribution < 1.29 is 32.6 Å². The number of carbonyl (C=O) groups excluding carboxylic acids is 1. The Hall–Kier alpha value is -3.21. The second-order valence-corrected chi connectivity index (χ2v) is 7.58. The molecular weight excluding hydrogens is 483 g/mol. The van der Waals surface area contributed by atoms with Crippen molar-refractivity contribution in [2.24, 2.45) is 5.73 Å². The molecular formula is C21H17Cl2F2N3O5. The Morgan fingerprint density at radius 3 is 2.45 bits per heavy atom. The Morgan fingerprint density at radius 1 is 1.21 bits per heavy atom. The van der Waals surface area contributed by atoms with Gasteiger partial charge in [-0.2, -0.15) is 0 Å². The predicted molar refractivity (Wildman–Crippen MR) is 115 cm³/mol. The van der Waals surface area contributed by atoms with Gasteiger partial charge in [0.25, 0.3) is 5.91 Å². The van der Waals surface area contributed by atoms with E-state index in [0.717, 1.165) is 12.1 Å². The lowest BCUT2D eigenvalue weighted by Gasteiger charge is -2.20. The van der Waals surface area contributed by atoms with E-state index in [1.165, 1.54) is 7.05 Å². The number of halogens is 4. The number of oxazole rings is 1. The first kappa shape index (κ1) is 24.4. The van der Waals surface area contributed by atoms with Gasteiger partial charge in [0.2, 0.25) is 11.1 Å². The van der Waals surface area contributed by atoms with Crippen LogP contribution in [0.3, 0.4) is 0 Å². The molecule has 1 aromatic heterocycles. The van der Waals surface area contributed by atoms with Crippen LogP contribution in [-0.2, 0) is 4.79 Å². The fourth-order valence-corrected chi connectivity index (χ4v) is 3.36. The molecule has 0 aliphatic heterocycles. The Kier molecular flexibility index (Phi) is 7.52. The van der Waals surface area contributed by atoms with Crippen molar-refractivity contribution >= 4 is 35.1 Å². The van der Waals surface area contributed by atoms with Gasteiger partial charge in [0.15, 0.2) is 17.7 Å². The van der Waals surface area contributed by atoms with Crippen LogP contribution in [0.4, 0.5) is 8.78 Å². The van der Waals surface area contributed by atoms with E-state index in [1.54, 1.807) is 24.3 Å². The molecule has 0 saturated carbocycles. The molecule has 1 heterocycles. The van der Waals surface area contributed by atoms with Gasteiger partial charge >= 0.3 is 5.97 Å². The minimum Gasteiger partial charge on any atom is -0.480 e. The average Bonchev–Trinajstić information content (AvgIpc) is 3.14. The van der Waals surface area contributed by atoms with Crippen molar-refractivity contribution in [3.05, 3.63) is 69.7 Å². The molecule has 0 saturated heterocycles. The molecule has 2 aromatic carbocycles. The topological polar surface area (TPSA) is 128 Å². The zero-order valence-corrected chi connectivity index (χ0v) is 18.5. The first-order valence-corrected chi connectivity index (χ1v) is 10.1. The quantitative estimate of drug-likeness (QED) is 0.402. The number of carboxylic acids is 1. The van der Waals surface area contributed by atoms with Gasteiger partial charge in [-0.15, -0.1) is 0 Å². The second-order valence-electron chi connectivity index (χ2n) is 6.80. The molecule has 0 bridgehead atoms. The maximum atomic E-state index is 14.7. The minimum atomic E-state index is -1.35. The molecule has 8 nitrogen and oxygen atoms in total. The number of ether oxygens (including phenoxy) is 1. The van der Waals surface area contributed by atoms with Gasteiger partial charge in [-0.1, -0.05) is 23.7 Å². The van der Waals surface area contributed by atoms with Crippen molar-refractivity contribution in [3.8, 4) is 17.0 Å². The number of primary amides is 1. The standard InChI is InChI=1S/C21H17Cl2F2N3O5/c1-27-12(21(30)31)8-14(32-13-7-6-11(24)15(16(13)25)19(26)29)20-28-17(18(23)33-20)9-2-4-10(22)5-3-9/h2-7,12,14,27H,8H2,1H3,(H2,26,29)(H,30,31). The van der Waals surface area contributed by atoms with Gasteiger partial charge in [-0.25, -0.2) is 13.8 Å². The molecule has 0 aliphatic rings. The molecule has 2 unspecified atom stereocenters. The summed E-state index contributed by atoms with van der Waals surface area (Å²) in [5, 5.41) is 12.3. The summed E-state index contributed by atoms with van der Waals surface area (Å²) in [6.45, 7) is 0. The van der Waals surface area contributed by atoms with E-state index >= 15 is 0 Å². The third-order valence-corrected chi connectivity index (χ3v) is 5.17. The first-order chi connectivity index (χ1) is 15.6. The fraction of sp³-hybridized carbons (Fsp3) is 0.190. The van der Waals surface area contributed by atoms with Crippen LogP contribution in [0, 0.1) is 11.6 Å². The average molecular weight is 500 g/mol. The SMILES string of the molecule is CNC(CC(Oc1ccc(F)c(C(N)=O)c1F)c1nc(-c2ccc(Cl)cc2)c(Cl)o1)C(=O)O. The lowest BCUT2D eigenvalue weighted by molar-refractivity contribution is -0.140. The minimum absolute atomic E-state index is 0.130. The van der Waals surface area contributed by atoms with Crippen LogP contribution in [0.5, 0.6) is 5.75 Å². The van der Waals surface area contributed by atoms with Crippen molar-refractivity contribution in [1.29, 1.82) is 0 Å². The molecule has 1 amide bonds. The monoisotopic (exact) mass is 499 g/mol. The van der Waals surface area contributed by atoms with Crippen molar-refractivity contribution in [1.82, 2.24) is 10.3 Å². The molecule has 4 N–H and O–H groups in total. The third kappa shape index (κ3) is 5.41. The molecule has 33 heavy (non-hydrogen) atoms. The van der Waals surface area contributed by atoms with Crippen LogP contribution in [0.25, 0.3) is 11.3 Å². The zero-order valence-electron chi connectivity index (χ0n) is 16.9. The van der Waals surface area contributed by atoms with E-state index < -0.39 is 47.0 Å². The summed E-state index contributed by atoms with van der Waals surface area (Å²) in [6, 6.07) is 7.07. The highest BCUT2D eigenvalue weighted by Gasteiger charge is 2.31. The van der Waals surface area contributed by atoms with E-state index in [4.69, 9.17) is 38.1 Å². The zero-order chi connectivity index (χ0) is 24.3. The molecule has 3 aromatic rings.